The predicted octanol–water partition coefficient (Wildman–Crippen LogP) is 5.79. The normalized spacial score (nSPS) is 38.0. The van der Waals surface area contributed by atoms with Crippen LogP contribution in [0.15, 0.2) is 18.2 Å². The number of anilines is 1. The number of benzene rings is 1. The molecule has 4 heteroatoms. The first-order chi connectivity index (χ1) is 12.3. The zero-order chi connectivity index (χ0) is 18.2. The van der Waals surface area contributed by atoms with Crippen molar-refractivity contribution < 1.29 is 4.79 Å². The Bertz CT molecular complexity index is 883. The van der Waals surface area contributed by atoms with Crippen LogP contribution in [0.4, 0.5) is 5.13 Å². The highest BCUT2D eigenvalue weighted by atomic mass is 32.1. The van der Waals surface area contributed by atoms with Crippen LogP contribution in [-0.2, 0) is 11.2 Å². The van der Waals surface area contributed by atoms with Gasteiger partial charge in [-0.3, -0.25) is 4.79 Å². The van der Waals surface area contributed by atoms with Crippen LogP contribution in [0.3, 0.4) is 0 Å². The summed E-state index contributed by atoms with van der Waals surface area (Å²) in [6.45, 7) is 7.00. The molecule has 0 spiro atoms. The zero-order valence-corrected chi connectivity index (χ0v) is 16.8. The molecular weight excluding hydrogens is 340 g/mol. The van der Waals surface area contributed by atoms with E-state index in [1.54, 1.807) is 11.3 Å². The number of carbonyl (C=O) groups excluding carboxylic acids is 1. The fraction of sp³-hybridized carbons (Fsp3) is 0.636. The number of nitrogens with zero attached hydrogens (tertiary/aromatic N) is 1. The SMILES string of the molecule is CCc1cccc2sc(NC(=O)C34CC5CC(C)(CC(C)(C5)C3)C4)nc12. The van der Waals surface area contributed by atoms with E-state index in [-0.39, 0.29) is 11.3 Å². The lowest BCUT2D eigenvalue weighted by atomic mass is 9.40. The van der Waals surface area contributed by atoms with Gasteiger partial charge in [0.05, 0.1) is 15.6 Å². The van der Waals surface area contributed by atoms with E-state index in [2.05, 4.69) is 44.3 Å². The topological polar surface area (TPSA) is 42.0 Å². The van der Waals surface area contributed by atoms with Gasteiger partial charge in [-0.05, 0) is 73.3 Å². The van der Waals surface area contributed by atoms with Crippen molar-refractivity contribution in [2.45, 2.75) is 65.7 Å². The molecule has 1 heterocycles. The number of thiazole rings is 1. The Balaban J connectivity index is 1.46. The molecule has 4 saturated carbocycles. The summed E-state index contributed by atoms with van der Waals surface area (Å²) in [6.07, 6.45) is 8.10. The van der Waals surface area contributed by atoms with Gasteiger partial charge in [0.25, 0.3) is 0 Å². The van der Waals surface area contributed by atoms with Crippen molar-refractivity contribution in [3.05, 3.63) is 23.8 Å². The van der Waals surface area contributed by atoms with E-state index in [0.717, 1.165) is 42.2 Å². The Kier molecular flexibility index (Phi) is 3.42. The number of carbonyl (C=O) groups is 1. The van der Waals surface area contributed by atoms with Crippen molar-refractivity contribution in [2.75, 3.05) is 5.32 Å². The van der Waals surface area contributed by atoms with Crippen LogP contribution in [0.5, 0.6) is 0 Å². The summed E-state index contributed by atoms with van der Waals surface area (Å²) in [6, 6.07) is 6.33. The first-order valence-corrected chi connectivity index (χ1v) is 10.8. The highest BCUT2D eigenvalue weighted by Gasteiger charge is 2.62. The van der Waals surface area contributed by atoms with Gasteiger partial charge in [-0.25, -0.2) is 4.98 Å². The van der Waals surface area contributed by atoms with Gasteiger partial charge in [0.1, 0.15) is 0 Å². The second-order valence-electron chi connectivity index (χ2n) is 10.0. The van der Waals surface area contributed by atoms with E-state index in [0.29, 0.717) is 10.8 Å². The first kappa shape index (κ1) is 16.7. The molecule has 2 aromatic rings. The number of hydrogen-bond acceptors (Lipinski definition) is 3. The highest BCUT2D eigenvalue weighted by Crippen LogP contribution is 2.69. The molecule has 1 amide bonds. The van der Waals surface area contributed by atoms with Gasteiger partial charge >= 0.3 is 0 Å². The lowest BCUT2D eigenvalue weighted by molar-refractivity contribution is -0.165. The molecule has 6 rings (SSSR count). The largest absolute Gasteiger partial charge is 0.301 e. The van der Waals surface area contributed by atoms with Gasteiger partial charge in [0.2, 0.25) is 5.91 Å². The Labute approximate surface area is 159 Å². The van der Waals surface area contributed by atoms with Gasteiger partial charge in [-0.1, -0.05) is 44.2 Å². The second kappa shape index (κ2) is 5.31. The van der Waals surface area contributed by atoms with Crippen molar-refractivity contribution in [1.29, 1.82) is 0 Å². The number of rotatable bonds is 3. The van der Waals surface area contributed by atoms with E-state index in [9.17, 15) is 4.79 Å². The third-order valence-corrected chi connectivity index (χ3v) is 8.15. The zero-order valence-electron chi connectivity index (χ0n) is 16.0. The quantitative estimate of drug-likeness (QED) is 0.744. The van der Waals surface area contributed by atoms with Crippen LogP contribution < -0.4 is 5.32 Å². The number of aromatic nitrogens is 1. The molecule has 138 valence electrons. The minimum Gasteiger partial charge on any atom is -0.301 e. The Morgan fingerprint density at radius 3 is 2.58 bits per heavy atom. The van der Waals surface area contributed by atoms with Gasteiger partial charge in [-0.2, -0.15) is 0 Å². The summed E-state index contributed by atoms with van der Waals surface area (Å²) in [5.41, 5.74) is 2.85. The Morgan fingerprint density at radius 2 is 1.92 bits per heavy atom. The van der Waals surface area contributed by atoms with Gasteiger partial charge < -0.3 is 5.32 Å². The Hall–Kier alpha value is -1.42. The predicted molar refractivity (Wildman–Crippen MR) is 107 cm³/mol. The molecule has 0 aliphatic heterocycles. The average molecular weight is 369 g/mol. The maximum absolute atomic E-state index is 13.4. The molecular formula is C22H28N2OS. The number of fused-ring (bicyclic) bond motifs is 1. The van der Waals surface area contributed by atoms with E-state index >= 15 is 0 Å². The van der Waals surface area contributed by atoms with E-state index in [1.807, 2.05) is 0 Å². The van der Waals surface area contributed by atoms with Crippen LogP contribution in [0, 0.1) is 22.2 Å². The molecule has 0 radical (unpaired) electrons. The number of hydrogen-bond donors (Lipinski definition) is 1. The number of para-hydroxylation sites is 1. The number of nitrogens with one attached hydrogen (secondary N) is 1. The van der Waals surface area contributed by atoms with Gasteiger partial charge in [0.15, 0.2) is 5.13 Å². The molecule has 1 N–H and O–H groups in total. The van der Waals surface area contributed by atoms with Gasteiger partial charge in [-0.15, -0.1) is 0 Å². The van der Waals surface area contributed by atoms with Crippen molar-refractivity contribution in [2.24, 2.45) is 22.2 Å². The second-order valence-corrected chi connectivity index (χ2v) is 11.0. The minimum atomic E-state index is -0.172. The minimum absolute atomic E-state index is 0.172. The summed E-state index contributed by atoms with van der Waals surface area (Å²) < 4.78 is 1.17. The number of amides is 1. The van der Waals surface area contributed by atoms with Crippen molar-refractivity contribution in [3.8, 4) is 0 Å². The lowest BCUT2D eigenvalue weighted by Gasteiger charge is -2.64. The summed E-state index contributed by atoms with van der Waals surface area (Å²) in [5, 5.41) is 4.02. The van der Waals surface area contributed by atoms with Crippen molar-refractivity contribution in [3.63, 3.8) is 0 Å². The van der Waals surface area contributed by atoms with E-state index < -0.39 is 0 Å². The fourth-order valence-corrected chi connectivity index (χ4v) is 8.18. The first-order valence-electron chi connectivity index (χ1n) is 10.0. The Morgan fingerprint density at radius 1 is 1.19 bits per heavy atom. The summed E-state index contributed by atoms with van der Waals surface area (Å²) in [4.78, 5) is 18.2. The van der Waals surface area contributed by atoms with Crippen LogP contribution >= 0.6 is 11.3 Å². The molecule has 4 fully saturated rings. The molecule has 1 aromatic carbocycles. The fourth-order valence-electron chi connectivity index (χ4n) is 7.27. The average Bonchev–Trinajstić information content (AvgIpc) is 2.93. The van der Waals surface area contributed by atoms with Gasteiger partial charge in [0, 0.05) is 0 Å². The maximum atomic E-state index is 13.4. The lowest BCUT2D eigenvalue weighted by Crippen LogP contribution is -2.58. The molecule has 2 unspecified atom stereocenters. The van der Waals surface area contributed by atoms with Crippen LogP contribution in [0.1, 0.15) is 64.9 Å². The van der Waals surface area contributed by atoms with Crippen molar-refractivity contribution in [1.82, 2.24) is 4.98 Å². The van der Waals surface area contributed by atoms with Crippen LogP contribution in [0.2, 0.25) is 0 Å². The van der Waals surface area contributed by atoms with Crippen molar-refractivity contribution >= 4 is 32.6 Å². The summed E-state index contributed by atoms with van der Waals surface area (Å²) in [5.74, 6) is 0.963. The molecule has 3 nitrogen and oxygen atoms in total. The molecule has 4 bridgehead atoms. The molecule has 26 heavy (non-hydrogen) atoms. The molecule has 4 aliphatic rings. The van der Waals surface area contributed by atoms with Crippen LogP contribution in [-0.4, -0.2) is 10.9 Å². The maximum Gasteiger partial charge on any atom is 0.232 e. The monoisotopic (exact) mass is 368 g/mol. The molecule has 2 atom stereocenters. The standard InChI is InChI=1S/C22H28N2OS/c1-4-15-6-5-7-16-17(15)23-19(26-16)24-18(25)22-10-14-8-20(2,12-22)11-21(3,9-14)13-22/h5-7,14H,4,8-13H2,1-3H3,(H,23,24,25). The smallest absolute Gasteiger partial charge is 0.232 e. The van der Waals surface area contributed by atoms with E-state index in [1.165, 1.54) is 29.5 Å². The van der Waals surface area contributed by atoms with Crippen LogP contribution in [0.25, 0.3) is 10.2 Å². The molecule has 4 aliphatic carbocycles. The number of aryl methyl sites for hydroxylation is 1. The molecule has 0 saturated heterocycles. The summed E-state index contributed by atoms with van der Waals surface area (Å²) >= 11 is 1.61. The van der Waals surface area contributed by atoms with E-state index in [4.69, 9.17) is 4.98 Å². The molecule has 1 aromatic heterocycles. The third-order valence-electron chi connectivity index (χ3n) is 7.21. The highest BCUT2D eigenvalue weighted by molar-refractivity contribution is 7.22. The summed E-state index contributed by atoms with van der Waals surface area (Å²) in [7, 11) is 0. The third kappa shape index (κ3) is 2.45.